The van der Waals surface area contributed by atoms with E-state index in [1.165, 1.54) is 11.8 Å². The number of nitrogen functional groups attached to an aromatic ring is 1. The molecule has 0 saturated heterocycles. The molecule has 0 spiro atoms. The van der Waals surface area contributed by atoms with E-state index in [4.69, 9.17) is 22.4 Å². The second kappa shape index (κ2) is 5.99. The van der Waals surface area contributed by atoms with Crippen LogP contribution < -0.4 is 5.73 Å². The molecule has 0 atom stereocenters. The lowest BCUT2D eigenvalue weighted by atomic mass is 10.1. The van der Waals surface area contributed by atoms with Crippen LogP contribution in [0.1, 0.15) is 5.56 Å². The molecular formula is C14H12ClNO2S. The van der Waals surface area contributed by atoms with Crippen LogP contribution in [-0.2, 0) is 11.2 Å². The van der Waals surface area contributed by atoms with Gasteiger partial charge in [0.1, 0.15) is 0 Å². The Labute approximate surface area is 120 Å². The van der Waals surface area contributed by atoms with Gasteiger partial charge in [0.05, 0.1) is 6.42 Å². The van der Waals surface area contributed by atoms with Gasteiger partial charge in [-0.15, -0.1) is 0 Å². The van der Waals surface area contributed by atoms with E-state index in [1.807, 2.05) is 36.4 Å². The van der Waals surface area contributed by atoms with Crippen LogP contribution in [0.4, 0.5) is 5.69 Å². The number of carbonyl (C=O) groups is 1. The third-order valence-electron chi connectivity index (χ3n) is 2.51. The van der Waals surface area contributed by atoms with Crippen LogP contribution in [0.15, 0.2) is 52.3 Å². The first kappa shape index (κ1) is 13.8. The number of hydrogen-bond donors (Lipinski definition) is 2. The minimum atomic E-state index is -0.889. The molecule has 0 saturated carbocycles. The SMILES string of the molecule is Nc1ccc(Sc2ccc(Cl)cc2)cc1CC(=O)O. The summed E-state index contributed by atoms with van der Waals surface area (Å²) in [7, 11) is 0. The first-order valence-corrected chi connectivity index (χ1v) is 6.77. The Morgan fingerprint density at radius 2 is 1.79 bits per heavy atom. The van der Waals surface area contributed by atoms with Gasteiger partial charge in [-0.05, 0) is 48.0 Å². The minimum Gasteiger partial charge on any atom is -0.481 e. The summed E-state index contributed by atoms with van der Waals surface area (Å²) in [6, 6.07) is 12.9. The predicted octanol–water partition coefficient (Wildman–Crippen LogP) is 3.70. The number of anilines is 1. The van der Waals surface area contributed by atoms with E-state index in [0.717, 1.165) is 9.79 Å². The summed E-state index contributed by atoms with van der Waals surface area (Å²) in [6.07, 6.45) is -0.0686. The van der Waals surface area contributed by atoms with Crippen LogP contribution in [0.5, 0.6) is 0 Å². The molecule has 0 radical (unpaired) electrons. The minimum absolute atomic E-state index is 0.0686. The van der Waals surface area contributed by atoms with Gasteiger partial charge in [0.25, 0.3) is 0 Å². The number of halogens is 1. The molecule has 98 valence electrons. The molecule has 0 unspecified atom stereocenters. The van der Waals surface area contributed by atoms with Gasteiger partial charge < -0.3 is 10.8 Å². The van der Waals surface area contributed by atoms with E-state index in [2.05, 4.69) is 0 Å². The van der Waals surface area contributed by atoms with Gasteiger partial charge in [-0.2, -0.15) is 0 Å². The zero-order valence-electron chi connectivity index (χ0n) is 9.97. The van der Waals surface area contributed by atoms with Gasteiger partial charge in [0, 0.05) is 20.5 Å². The Morgan fingerprint density at radius 1 is 1.16 bits per heavy atom. The van der Waals surface area contributed by atoms with E-state index in [-0.39, 0.29) is 6.42 Å². The molecule has 0 aliphatic heterocycles. The number of benzene rings is 2. The first-order valence-electron chi connectivity index (χ1n) is 5.58. The third-order valence-corrected chi connectivity index (χ3v) is 3.75. The fourth-order valence-corrected chi connectivity index (χ4v) is 2.61. The van der Waals surface area contributed by atoms with Gasteiger partial charge in [-0.1, -0.05) is 23.4 Å². The molecule has 3 nitrogen and oxygen atoms in total. The van der Waals surface area contributed by atoms with Crippen molar-refractivity contribution in [3.63, 3.8) is 0 Å². The summed E-state index contributed by atoms with van der Waals surface area (Å²) in [5.74, 6) is -0.889. The zero-order valence-corrected chi connectivity index (χ0v) is 11.5. The first-order chi connectivity index (χ1) is 9.04. The van der Waals surface area contributed by atoms with Crippen molar-refractivity contribution in [1.29, 1.82) is 0 Å². The molecule has 2 aromatic carbocycles. The third kappa shape index (κ3) is 3.91. The van der Waals surface area contributed by atoms with Crippen LogP contribution in [0, 0.1) is 0 Å². The van der Waals surface area contributed by atoms with Crippen molar-refractivity contribution >= 4 is 35.0 Å². The molecule has 2 rings (SSSR count). The number of aliphatic carboxylic acids is 1. The average Bonchev–Trinajstić information content (AvgIpc) is 2.36. The van der Waals surface area contributed by atoms with Crippen LogP contribution in [0.3, 0.4) is 0 Å². The van der Waals surface area contributed by atoms with Crippen LogP contribution in [0.25, 0.3) is 0 Å². The van der Waals surface area contributed by atoms with E-state index in [0.29, 0.717) is 16.3 Å². The maximum atomic E-state index is 10.8. The van der Waals surface area contributed by atoms with Crippen molar-refractivity contribution < 1.29 is 9.90 Å². The smallest absolute Gasteiger partial charge is 0.307 e. The van der Waals surface area contributed by atoms with Gasteiger partial charge in [0.15, 0.2) is 0 Å². The van der Waals surface area contributed by atoms with Crippen molar-refractivity contribution in [3.8, 4) is 0 Å². The largest absolute Gasteiger partial charge is 0.481 e. The zero-order chi connectivity index (χ0) is 13.8. The number of carboxylic acid groups (broad SMARTS) is 1. The molecule has 2 aromatic rings. The topological polar surface area (TPSA) is 63.3 Å². The molecule has 19 heavy (non-hydrogen) atoms. The Balaban J connectivity index is 2.21. The molecule has 5 heteroatoms. The molecule has 3 N–H and O–H groups in total. The highest BCUT2D eigenvalue weighted by Gasteiger charge is 2.07. The van der Waals surface area contributed by atoms with E-state index >= 15 is 0 Å². The summed E-state index contributed by atoms with van der Waals surface area (Å²) in [4.78, 5) is 12.7. The molecule has 0 bridgehead atoms. The van der Waals surface area contributed by atoms with Crippen molar-refractivity contribution in [2.75, 3.05) is 5.73 Å². The molecule has 0 heterocycles. The molecule has 0 aliphatic carbocycles. The highest BCUT2D eigenvalue weighted by atomic mass is 35.5. The Hall–Kier alpha value is -1.65. The van der Waals surface area contributed by atoms with E-state index < -0.39 is 5.97 Å². The maximum absolute atomic E-state index is 10.8. The molecule has 0 aliphatic rings. The lowest BCUT2D eigenvalue weighted by molar-refractivity contribution is -0.136. The second-order valence-corrected chi connectivity index (χ2v) is 5.57. The van der Waals surface area contributed by atoms with Crippen LogP contribution in [0.2, 0.25) is 5.02 Å². The van der Waals surface area contributed by atoms with Crippen molar-refractivity contribution in [1.82, 2.24) is 0 Å². The fourth-order valence-electron chi connectivity index (χ4n) is 1.60. The van der Waals surface area contributed by atoms with Crippen LogP contribution >= 0.6 is 23.4 Å². The summed E-state index contributed by atoms with van der Waals surface area (Å²) in [6.45, 7) is 0. The normalized spacial score (nSPS) is 10.4. The highest BCUT2D eigenvalue weighted by molar-refractivity contribution is 7.99. The van der Waals surface area contributed by atoms with Crippen molar-refractivity contribution in [2.45, 2.75) is 16.2 Å². The summed E-state index contributed by atoms with van der Waals surface area (Å²) < 4.78 is 0. The lowest BCUT2D eigenvalue weighted by Crippen LogP contribution is -2.03. The Kier molecular flexibility index (Phi) is 4.35. The molecule has 0 fully saturated rings. The van der Waals surface area contributed by atoms with Crippen molar-refractivity contribution in [3.05, 3.63) is 53.1 Å². The van der Waals surface area contributed by atoms with Gasteiger partial charge >= 0.3 is 5.97 Å². The number of hydrogen-bond acceptors (Lipinski definition) is 3. The molecular weight excluding hydrogens is 282 g/mol. The van der Waals surface area contributed by atoms with Gasteiger partial charge in [0.2, 0.25) is 0 Å². The molecule has 0 amide bonds. The Morgan fingerprint density at radius 3 is 2.42 bits per heavy atom. The monoisotopic (exact) mass is 293 g/mol. The van der Waals surface area contributed by atoms with Gasteiger partial charge in [-0.3, -0.25) is 4.79 Å². The maximum Gasteiger partial charge on any atom is 0.307 e. The van der Waals surface area contributed by atoms with E-state index in [1.54, 1.807) is 6.07 Å². The van der Waals surface area contributed by atoms with Crippen LogP contribution in [-0.4, -0.2) is 11.1 Å². The number of nitrogens with two attached hydrogens (primary N) is 1. The summed E-state index contributed by atoms with van der Waals surface area (Å²) >= 11 is 7.37. The lowest BCUT2D eigenvalue weighted by Gasteiger charge is -2.07. The van der Waals surface area contributed by atoms with E-state index in [9.17, 15) is 4.79 Å². The average molecular weight is 294 g/mol. The highest BCUT2D eigenvalue weighted by Crippen LogP contribution is 2.30. The van der Waals surface area contributed by atoms with Gasteiger partial charge in [-0.25, -0.2) is 0 Å². The standard InChI is InChI=1S/C14H12ClNO2S/c15-10-1-3-11(4-2-10)19-12-5-6-13(16)9(7-12)8-14(17)18/h1-7H,8,16H2,(H,17,18). The number of carboxylic acids is 1. The molecule has 0 aromatic heterocycles. The second-order valence-electron chi connectivity index (χ2n) is 3.99. The fraction of sp³-hybridized carbons (Fsp3) is 0.0714. The quantitative estimate of drug-likeness (QED) is 0.844. The number of rotatable bonds is 4. The Bertz CT molecular complexity index is 599. The summed E-state index contributed by atoms with van der Waals surface area (Å²) in [5.41, 5.74) is 6.89. The predicted molar refractivity (Wildman–Crippen MR) is 77.8 cm³/mol. The van der Waals surface area contributed by atoms with Crippen molar-refractivity contribution in [2.24, 2.45) is 0 Å². The summed E-state index contributed by atoms with van der Waals surface area (Å²) in [5, 5.41) is 9.51.